The molecule has 1 aliphatic rings. The Balaban J connectivity index is 1.83. The van der Waals surface area contributed by atoms with Crippen LogP contribution >= 0.6 is 11.3 Å². The Hall–Kier alpha value is -0.940. The highest BCUT2D eigenvalue weighted by Crippen LogP contribution is 2.27. The molecule has 1 aromatic rings. The van der Waals surface area contributed by atoms with E-state index in [1.165, 1.54) is 0 Å². The van der Waals surface area contributed by atoms with Crippen molar-refractivity contribution in [3.63, 3.8) is 0 Å². The largest absolute Gasteiger partial charge is 0.339 e. The first-order valence-electron chi connectivity index (χ1n) is 6.04. The summed E-state index contributed by atoms with van der Waals surface area (Å²) in [7, 11) is 1.84. The molecule has 1 aliphatic carbocycles. The van der Waals surface area contributed by atoms with Gasteiger partial charge in [-0.05, 0) is 18.8 Å². The number of rotatable bonds is 4. The van der Waals surface area contributed by atoms with E-state index < -0.39 is 0 Å². The molecule has 17 heavy (non-hydrogen) atoms. The van der Waals surface area contributed by atoms with Gasteiger partial charge in [0.2, 0.25) is 5.91 Å². The molecule has 5 heteroatoms. The lowest BCUT2D eigenvalue weighted by Crippen LogP contribution is -2.32. The van der Waals surface area contributed by atoms with Crippen LogP contribution in [0.4, 0.5) is 0 Å². The van der Waals surface area contributed by atoms with Gasteiger partial charge < -0.3 is 10.6 Å². The molecule has 1 fully saturated rings. The lowest BCUT2D eigenvalue weighted by Gasteiger charge is -2.20. The Morgan fingerprint density at radius 3 is 3.06 bits per heavy atom. The van der Waals surface area contributed by atoms with E-state index in [1.54, 1.807) is 22.4 Å². The third kappa shape index (κ3) is 3.26. The van der Waals surface area contributed by atoms with Gasteiger partial charge in [0.05, 0.1) is 6.54 Å². The maximum absolute atomic E-state index is 12.0. The SMILES string of the molecule is CN(Cc1nccs1)C(=O)C[C@@H]1CCC[C@H]1N. The molecule has 94 valence electrons. The summed E-state index contributed by atoms with van der Waals surface area (Å²) in [4.78, 5) is 18.0. The number of nitrogens with zero attached hydrogens (tertiary/aromatic N) is 2. The van der Waals surface area contributed by atoms with Crippen LogP contribution in [0.25, 0.3) is 0 Å². The number of carbonyl (C=O) groups is 1. The van der Waals surface area contributed by atoms with Gasteiger partial charge in [-0.2, -0.15) is 0 Å². The molecule has 1 aromatic heterocycles. The monoisotopic (exact) mass is 253 g/mol. The van der Waals surface area contributed by atoms with E-state index >= 15 is 0 Å². The maximum Gasteiger partial charge on any atom is 0.223 e. The molecule has 0 saturated heterocycles. The molecule has 0 spiro atoms. The first kappa shape index (κ1) is 12.5. The summed E-state index contributed by atoms with van der Waals surface area (Å²) in [6.07, 6.45) is 5.68. The van der Waals surface area contributed by atoms with Crippen LogP contribution < -0.4 is 5.73 Å². The number of aromatic nitrogens is 1. The molecular formula is C12H19N3OS. The van der Waals surface area contributed by atoms with Gasteiger partial charge in [-0.15, -0.1) is 11.3 Å². The minimum atomic E-state index is 0.183. The standard InChI is InChI=1S/C12H19N3OS/c1-15(8-11-14-5-6-17-11)12(16)7-9-3-2-4-10(9)13/h5-6,9-10H,2-4,7-8,13H2,1H3/t9-,10+/m0/s1. The summed E-state index contributed by atoms with van der Waals surface area (Å²) in [5.74, 6) is 0.559. The molecule has 0 radical (unpaired) electrons. The molecule has 0 aromatic carbocycles. The zero-order valence-electron chi connectivity index (χ0n) is 10.1. The minimum Gasteiger partial charge on any atom is -0.339 e. The van der Waals surface area contributed by atoms with E-state index in [0.717, 1.165) is 24.3 Å². The fourth-order valence-corrected chi connectivity index (χ4v) is 2.99. The van der Waals surface area contributed by atoms with Crippen LogP contribution in [0.15, 0.2) is 11.6 Å². The molecule has 4 nitrogen and oxygen atoms in total. The summed E-state index contributed by atoms with van der Waals surface area (Å²) in [6.45, 7) is 0.610. The first-order valence-corrected chi connectivity index (χ1v) is 6.92. The Labute approximate surface area is 106 Å². The molecule has 0 aliphatic heterocycles. The van der Waals surface area contributed by atoms with Crippen molar-refractivity contribution in [3.8, 4) is 0 Å². The lowest BCUT2D eigenvalue weighted by atomic mass is 9.99. The summed E-state index contributed by atoms with van der Waals surface area (Å²) in [5, 5.41) is 2.91. The summed E-state index contributed by atoms with van der Waals surface area (Å²) in [5.41, 5.74) is 5.98. The topological polar surface area (TPSA) is 59.2 Å². The summed E-state index contributed by atoms with van der Waals surface area (Å²) >= 11 is 1.58. The van der Waals surface area contributed by atoms with Crippen LogP contribution in [0, 0.1) is 5.92 Å². The van der Waals surface area contributed by atoms with Gasteiger partial charge in [0.1, 0.15) is 5.01 Å². The van der Waals surface area contributed by atoms with Gasteiger partial charge >= 0.3 is 0 Å². The predicted octanol–water partition coefficient (Wildman–Crippen LogP) is 1.62. The van der Waals surface area contributed by atoms with Crippen LogP contribution in [0.5, 0.6) is 0 Å². The van der Waals surface area contributed by atoms with Crippen molar-refractivity contribution >= 4 is 17.2 Å². The number of carbonyl (C=O) groups excluding carboxylic acids is 1. The van der Waals surface area contributed by atoms with Crippen LogP contribution in [-0.4, -0.2) is 28.9 Å². The average Bonchev–Trinajstić information content (AvgIpc) is 2.91. The first-order chi connectivity index (χ1) is 8.16. The number of amides is 1. The van der Waals surface area contributed by atoms with E-state index in [0.29, 0.717) is 18.9 Å². The van der Waals surface area contributed by atoms with Crippen LogP contribution in [0.3, 0.4) is 0 Å². The second kappa shape index (κ2) is 5.60. The quantitative estimate of drug-likeness (QED) is 0.887. The Kier molecular flexibility index (Phi) is 4.12. The van der Waals surface area contributed by atoms with Crippen molar-refractivity contribution in [1.82, 2.24) is 9.88 Å². The van der Waals surface area contributed by atoms with E-state index in [4.69, 9.17) is 5.73 Å². The van der Waals surface area contributed by atoms with E-state index in [2.05, 4.69) is 4.98 Å². The zero-order valence-corrected chi connectivity index (χ0v) is 10.9. The van der Waals surface area contributed by atoms with Crippen molar-refractivity contribution in [2.45, 2.75) is 38.3 Å². The highest BCUT2D eigenvalue weighted by Gasteiger charge is 2.27. The molecule has 0 unspecified atom stereocenters. The number of hydrogen-bond donors (Lipinski definition) is 1. The zero-order chi connectivity index (χ0) is 12.3. The van der Waals surface area contributed by atoms with Gasteiger partial charge in [0.15, 0.2) is 0 Å². The molecule has 2 atom stereocenters. The Bertz CT molecular complexity index is 366. The minimum absolute atomic E-state index is 0.183. The highest BCUT2D eigenvalue weighted by atomic mass is 32.1. The van der Waals surface area contributed by atoms with Gasteiger partial charge in [0, 0.05) is 31.1 Å². The normalized spacial score (nSPS) is 23.9. The molecule has 0 bridgehead atoms. The molecule has 1 amide bonds. The fourth-order valence-electron chi connectivity index (χ4n) is 2.32. The van der Waals surface area contributed by atoms with Crippen molar-refractivity contribution < 1.29 is 4.79 Å². The smallest absolute Gasteiger partial charge is 0.223 e. The van der Waals surface area contributed by atoms with Crippen molar-refractivity contribution in [3.05, 3.63) is 16.6 Å². The number of hydrogen-bond acceptors (Lipinski definition) is 4. The van der Waals surface area contributed by atoms with Gasteiger partial charge in [-0.25, -0.2) is 4.98 Å². The van der Waals surface area contributed by atoms with Crippen molar-refractivity contribution in [2.75, 3.05) is 7.05 Å². The van der Waals surface area contributed by atoms with Crippen molar-refractivity contribution in [1.29, 1.82) is 0 Å². The van der Waals surface area contributed by atoms with Crippen molar-refractivity contribution in [2.24, 2.45) is 11.7 Å². The molecule has 2 N–H and O–H groups in total. The fraction of sp³-hybridized carbons (Fsp3) is 0.667. The lowest BCUT2D eigenvalue weighted by molar-refractivity contribution is -0.131. The van der Waals surface area contributed by atoms with E-state index in [-0.39, 0.29) is 11.9 Å². The Morgan fingerprint density at radius 1 is 1.65 bits per heavy atom. The molecular weight excluding hydrogens is 234 g/mol. The highest BCUT2D eigenvalue weighted by molar-refractivity contribution is 7.09. The third-order valence-electron chi connectivity index (χ3n) is 3.44. The average molecular weight is 253 g/mol. The number of nitrogens with two attached hydrogens (primary N) is 1. The van der Waals surface area contributed by atoms with Crippen LogP contribution in [0.2, 0.25) is 0 Å². The molecule has 1 heterocycles. The third-order valence-corrected chi connectivity index (χ3v) is 4.20. The predicted molar refractivity (Wildman–Crippen MR) is 68.5 cm³/mol. The van der Waals surface area contributed by atoms with Gasteiger partial charge in [-0.1, -0.05) is 6.42 Å². The molecule has 1 saturated carbocycles. The molecule has 2 rings (SSSR count). The van der Waals surface area contributed by atoms with Gasteiger partial charge in [-0.3, -0.25) is 4.79 Å². The summed E-state index contributed by atoms with van der Waals surface area (Å²) < 4.78 is 0. The second-order valence-electron chi connectivity index (χ2n) is 4.73. The Morgan fingerprint density at radius 2 is 2.47 bits per heavy atom. The van der Waals surface area contributed by atoms with Gasteiger partial charge in [0.25, 0.3) is 0 Å². The second-order valence-corrected chi connectivity index (χ2v) is 5.71. The number of thiazole rings is 1. The van der Waals surface area contributed by atoms with Crippen LogP contribution in [0.1, 0.15) is 30.7 Å². The van der Waals surface area contributed by atoms with E-state index in [9.17, 15) is 4.79 Å². The maximum atomic E-state index is 12.0. The van der Waals surface area contributed by atoms with Crippen LogP contribution in [-0.2, 0) is 11.3 Å². The summed E-state index contributed by atoms with van der Waals surface area (Å²) in [6, 6.07) is 0.215. The van der Waals surface area contributed by atoms with E-state index in [1.807, 2.05) is 12.4 Å².